The van der Waals surface area contributed by atoms with Crippen LogP contribution in [0, 0.1) is 0 Å². The van der Waals surface area contributed by atoms with Crippen LogP contribution in [0.4, 0.5) is 24.8 Å². The zero-order valence-corrected chi connectivity index (χ0v) is 12.5. The number of anilines is 2. The van der Waals surface area contributed by atoms with E-state index in [9.17, 15) is 13.2 Å². The minimum absolute atomic E-state index is 0.161. The highest BCUT2D eigenvalue weighted by Crippen LogP contribution is 2.34. The third-order valence-electron chi connectivity index (χ3n) is 2.71. The van der Waals surface area contributed by atoms with Gasteiger partial charge in [0.25, 0.3) is 0 Å². The van der Waals surface area contributed by atoms with Gasteiger partial charge in [0.2, 0.25) is 5.95 Å². The van der Waals surface area contributed by atoms with Gasteiger partial charge < -0.3 is 9.88 Å². The molecule has 1 aromatic carbocycles. The molecule has 0 saturated heterocycles. The number of hydrogen-bond donors (Lipinski definition) is 1. The highest BCUT2D eigenvalue weighted by atomic mass is 79.9. The SMILES string of the molecule is CC(C)n1ccnc1Nc1cc(Br)cc(C(F)(F)F)c1. The molecule has 2 rings (SSSR count). The van der Waals surface area contributed by atoms with Crippen LogP contribution in [0.15, 0.2) is 35.1 Å². The second-order valence-corrected chi connectivity index (χ2v) is 5.52. The number of imidazole rings is 1. The maximum Gasteiger partial charge on any atom is 0.416 e. The summed E-state index contributed by atoms with van der Waals surface area (Å²) in [6.07, 6.45) is -1.01. The Bertz CT molecular complexity index is 605. The number of aromatic nitrogens is 2. The lowest BCUT2D eigenvalue weighted by Crippen LogP contribution is -2.08. The molecule has 0 spiro atoms. The lowest BCUT2D eigenvalue weighted by molar-refractivity contribution is -0.137. The predicted octanol–water partition coefficient (Wildman–Crippen LogP) is 4.99. The van der Waals surface area contributed by atoms with E-state index in [0.29, 0.717) is 16.1 Å². The van der Waals surface area contributed by atoms with Crippen LogP contribution in [-0.4, -0.2) is 9.55 Å². The molecule has 1 heterocycles. The molecule has 0 radical (unpaired) electrons. The molecule has 7 heteroatoms. The molecule has 1 N–H and O–H groups in total. The van der Waals surface area contributed by atoms with Gasteiger partial charge in [0, 0.05) is 28.6 Å². The van der Waals surface area contributed by atoms with Crippen LogP contribution in [-0.2, 0) is 6.18 Å². The van der Waals surface area contributed by atoms with Crippen LogP contribution in [0.5, 0.6) is 0 Å². The van der Waals surface area contributed by atoms with Crippen molar-refractivity contribution in [2.45, 2.75) is 26.1 Å². The van der Waals surface area contributed by atoms with Gasteiger partial charge in [-0.05, 0) is 32.0 Å². The summed E-state index contributed by atoms with van der Waals surface area (Å²) in [6.45, 7) is 3.93. The smallest absolute Gasteiger partial charge is 0.326 e. The summed E-state index contributed by atoms with van der Waals surface area (Å²) in [7, 11) is 0. The molecule has 108 valence electrons. The highest BCUT2D eigenvalue weighted by Gasteiger charge is 2.31. The van der Waals surface area contributed by atoms with Gasteiger partial charge in [-0.2, -0.15) is 13.2 Å². The largest absolute Gasteiger partial charge is 0.416 e. The summed E-state index contributed by atoms with van der Waals surface area (Å²) in [5, 5.41) is 2.91. The van der Waals surface area contributed by atoms with Crippen molar-refractivity contribution < 1.29 is 13.2 Å². The fourth-order valence-electron chi connectivity index (χ4n) is 1.78. The number of halogens is 4. The maximum absolute atomic E-state index is 12.8. The van der Waals surface area contributed by atoms with E-state index in [2.05, 4.69) is 26.2 Å². The Morgan fingerprint density at radius 1 is 1.25 bits per heavy atom. The molecule has 0 amide bonds. The van der Waals surface area contributed by atoms with Gasteiger partial charge in [-0.15, -0.1) is 0 Å². The molecule has 3 nitrogen and oxygen atoms in total. The summed E-state index contributed by atoms with van der Waals surface area (Å²) in [4.78, 5) is 4.11. The van der Waals surface area contributed by atoms with Crippen LogP contribution in [0.2, 0.25) is 0 Å². The minimum atomic E-state index is -4.38. The quantitative estimate of drug-likeness (QED) is 0.847. The van der Waals surface area contributed by atoms with Crippen molar-refractivity contribution in [1.82, 2.24) is 9.55 Å². The number of nitrogens with one attached hydrogen (secondary N) is 1. The Balaban J connectivity index is 2.34. The van der Waals surface area contributed by atoms with Crippen molar-refractivity contribution in [3.63, 3.8) is 0 Å². The number of nitrogens with zero attached hydrogens (tertiary/aromatic N) is 2. The van der Waals surface area contributed by atoms with E-state index in [1.807, 2.05) is 18.4 Å². The van der Waals surface area contributed by atoms with Crippen molar-refractivity contribution in [2.24, 2.45) is 0 Å². The second kappa shape index (κ2) is 5.47. The zero-order valence-electron chi connectivity index (χ0n) is 10.9. The first-order valence-corrected chi connectivity index (χ1v) is 6.74. The molecule has 1 aromatic heterocycles. The second-order valence-electron chi connectivity index (χ2n) is 4.60. The fourth-order valence-corrected chi connectivity index (χ4v) is 2.27. The van der Waals surface area contributed by atoms with Gasteiger partial charge in [-0.25, -0.2) is 4.98 Å². The molecule has 0 aliphatic carbocycles. The van der Waals surface area contributed by atoms with Gasteiger partial charge in [0.15, 0.2) is 0 Å². The average molecular weight is 348 g/mol. The highest BCUT2D eigenvalue weighted by molar-refractivity contribution is 9.10. The van der Waals surface area contributed by atoms with Crippen LogP contribution in [0.1, 0.15) is 25.5 Å². The lowest BCUT2D eigenvalue weighted by Gasteiger charge is -2.14. The first-order valence-electron chi connectivity index (χ1n) is 5.95. The molecule has 0 aliphatic heterocycles. The normalized spacial score (nSPS) is 11.9. The van der Waals surface area contributed by atoms with Crippen LogP contribution in [0.3, 0.4) is 0 Å². The molecule has 2 aromatic rings. The Kier molecular flexibility index (Phi) is 4.08. The number of alkyl halides is 3. The molecule has 20 heavy (non-hydrogen) atoms. The van der Waals surface area contributed by atoms with E-state index < -0.39 is 11.7 Å². The monoisotopic (exact) mass is 347 g/mol. The van der Waals surface area contributed by atoms with E-state index >= 15 is 0 Å². The topological polar surface area (TPSA) is 29.9 Å². The van der Waals surface area contributed by atoms with E-state index in [1.165, 1.54) is 0 Å². The Morgan fingerprint density at radius 2 is 1.95 bits per heavy atom. The first-order chi connectivity index (χ1) is 9.27. The first kappa shape index (κ1) is 14.9. The van der Waals surface area contributed by atoms with Crippen LogP contribution < -0.4 is 5.32 Å². The number of benzene rings is 1. The summed E-state index contributed by atoms with van der Waals surface area (Å²) in [6, 6.07) is 3.84. The minimum Gasteiger partial charge on any atom is -0.326 e. The standard InChI is InChI=1S/C13H13BrF3N3/c1-8(2)20-4-3-18-12(20)19-11-6-9(13(15,16)17)5-10(14)7-11/h3-8H,1-2H3,(H,18,19). The van der Waals surface area contributed by atoms with E-state index in [1.54, 1.807) is 18.5 Å². The van der Waals surface area contributed by atoms with Gasteiger partial charge >= 0.3 is 6.18 Å². The molecule has 0 bridgehead atoms. The number of hydrogen-bond acceptors (Lipinski definition) is 2. The maximum atomic E-state index is 12.8. The van der Waals surface area contributed by atoms with Crippen LogP contribution in [0.25, 0.3) is 0 Å². The van der Waals surface area contributed by atoms with E-state index in [0.717, 1.165) is 12.1 Å². The van der Waals surface area contributed by atoms with Gasteiger partial charge in [0.1, 0.15) is 0 Å². The molecule has 0 fully saturated rings. The number of rotatable bonds is 3. The summed E-state index contributed by atoms with van der Waals surface area (Å²) in [5.41, 5.74) is -0.378. The van der Waals surface area contributed by atoms with Crippen molar-refractivity contribution >= 4 is 27.6 Å². The van der Waals surface area contributed by atoms with Crippen molar-refractivity contribution in [2.75, 3.05) is 5.32 Å². The molecular weight excluding hydrogens is 335 g/mol. The molecule has 0 unspecified atom stereocenters. The van der Waals surface area contributed by atoms with Crippen LogP contribution >= 0.6 is 15.9 Å². The van der Waals surface area contributed by atoms with Crippen molar-refractivity contribution in [3.05, 3.63) is 40.6 Å². The zero-order chi connectivity index (χ0) is 14.9. The van der Waals surface area contributed by atoms with E-state index in [4.69, 9.17) is 0 Å². The molecular formula is C13H13BrF3N3. The van der Waals surface area contributed by atoms with Gasteiger partial charge in [-0.3, -0.25) is 0 Å². The fraction of sp³-hybridized carbons (Fsp3) is 0.308. The van der Waals surface area contributed by atoms with E-state index in [-0.39, 0.29) is 6.04 Å². The Morgan fingerprint density at radius 3 is 2.55 bits per heavy atom. The Hall–Kier alpha value is -1.50. The third kappa shape index (κ3) is 3.33. The lowest BCUT2D eigenvalue weighted by atomic mass is 10.2. The van der Waals surface area contributed by atoms with Crippen molar-refractivity contribution in [1.29, 1.82) is 0 Å². The van der Waals surface area contributed by atoms with Gasteiger partial charge in [0.05, 0.1) is 5.56 Å². The predicted molar refractivity (Wildman–Crippen MR) is 75.0 cm³/mol. The average Bonchev–Trinajstić information content (AvgIpc) is 2.75. The summed E-state index contributed by atoms with van der Waals surface area (Å²) < 4.78 is 40.5. The third-order valence-corrected chi connectivity index (χ3v) is 3.16. The Labute approximate surface area is 123 Å². The summed E-state index contributed by atoms with van der Waals surface area (Å²) in [5.74, 6) is 0.506. The molecule has 0 atom stereocenters. The summed E-state index contributed by atoms with van der Waals surface area (Å²) >= 11 is 3.09. The molecule has 0 saturated carbocycles. The van der Waals surface area contributed by atoms with Gasteiger partial charge in [-0.1, -0.05) is 15.9 Å². The molecule has 0 aliphatic rings. The van der Waals surface area contributed by atoms with Crippen molar-refractivity contribution in [3.8, 4) is 0 Å².